The van der Waals surface area contributed by atoms with Crippen molar-refractivity contribution in [3.63, 3.8) is 0 Å². The summed E-state index contributed by atoms with van der Waals surface area (Å²) in [5, 5.41) is 2.92. The summed E-state index contributed by atoms with van der Waals surface area (Å²) in [4.78, 5) is 15.1. The minimum atomic E-state index is -3.54. The molecule has 1 aromatic heterocycles. The molecule has 0 saturated carbocycles. The highest BCUT2D eigenvalue weighted by molar-refractivity contribution is 7.89. The third kappa shape index (κ3) is 5.23. The van der Waals surface area contributed by atoms with Crippen molar-refractivity contribution in [2.45, 2.75) is 37.5 Å². The Bertz CT molecular complexity index is 935. The monoisotopic (exact) mass is 432 g/mol. The van der Waals surface area contributed by atoms with E-state index in [-0.39, 0.29) is 10.8 Å². The van der Waals surface area contributed by atoms with Gasteiger partial charge in [-0.05, 0) is 44.4 Å². The molecule has 0 unspecified atom stereocenters. The topological polar surface area (TPSA) is 74.7 Å². The molecule has 1 aliphatic heterocycles. The predicted octanol–water partition coefficient (Wildman–Crippen LogP) is 2.85. The molecule has 7 nitrogen and oxygen atoms in total. The van der Waals surface area contributed by atoms with Crippen molar-refractivity contribution < 1.29 is 13.2 Å². The second-order valence-corrected chi connectivity index (χ2v) is 9.60. The Kier molecular flexibility index (Phi) is 7.55. The van der Waals surface area contributed by atoms with Crippen LogP contribution in [-0.4, -0.2) is 55.9 Å². The van der Waals surface area contributed by atoms with E-state index in [2.05, 4.69) is 29.3 Å². The number of nitrogens with zero attached hydrogens (tertiary/aromatic N) is 3. The maximum atomic E-state index is 12.9. The molecule has 3 rings (SSSR count). The number of benzene rings is 1. The molecule has 2 heterocycles. The fourth-order valence-corrected chi connectivity index (χ4v) is 5.42. The van der Waals surface area contributed by atoms with E-state index in [1.54, 1.807) is 11.6 Å². The smallest absolute Gasteiger partial charge is 0.267 e. The number of carbonyl (C=O) groups excluding carboxylic acids is 1. The molecule has 30 heavy (non-hydrogen) atoms. The van der Waals surface area contributed by atoms with Gasteiger partial charge < -0.3 is 14.8 Å². The third-order valence-corrected chi connectivity index (χ3v) is 7.42. The molecule has 0 radical (unpaired) electrons. The number of amides is 1. The first-order chi connectivity index (χ1) is 14.4. The van der Waals surface area contributed by atoms with Crippen LogP contribution in [-0.2, 0) is 17.1 Å². The van der Waals surface area contributed by atoms with Gasteiger partial charge in [-0.3, -0.25) is 4.79 Å². The average molecular weight is 433 g/mol. The summed E-state index contributed by atoms with van der Waals surface area (Å²) in [5.74, 6) is -0.250. The van der Waals surface area contributed by atoms with Crippen molar-refractivity contribution in [2.24, 2.45) is 7.05 Å². The maximum absolute atomic E-state index is 12.9. The van der Waals surface area contributed by atoms with Crippen LogP contribution in [0.4, 0.5) is 5.69 Å². The summed E-state index contributed by atoms with van der Waals surface area (Å²) in [5.41, 5.74) is 1.53. The first kappa shape index (κ1) is 22.4. The van der Waals surface area contributed by atoms with Crippen molar-refractivity contribution in [3.8, 4) is 0 Å². The molecule has 0 aliphatic carbocycles. The van der Waals surface area contributed by atoms with Gasteiger partial charge in [0.25, 0.3) is 5.91 Å². The van der Waals surface area contributed by atoms with Gasteiger partial charge in [0.05, 0.1) is 0 Å². The van der Waals surface area contributed by atoms with Crippen molar-refractivity contribution in [3.05, 3.63) is 48.3 Å². The van der Waals surface area contributed by atoms with Crippen molar-refractivity contribution in [1.82, 2.24) is 14.2 Å². The summed E-state index contributed by atoms with van der Waals surface area (Å²) in [6.07, 6.45) is 5.17. The second kappa shape index (κ2) is 10.1. The molecule has 1 saturated heterocycles. The van der Waals surface area contributed by atoms with Crippen LogP contribution in [0.25, 0.3) is 0 Å². The zero-order valence-electron chi connectivity index (χ0n) is 17.9. The van der Waals surface area contributed by atoms with Crippen LogP contribution in [0.1, 0.15) is 43.1 Å². The highest BCUT2D eigenvalue weighted by atomic mass is 32.2. The van der Waals surface area contributed by atoms with E-state index in [4.69, 9.17) is 0 Å². The normalized spacial score (nSPS) is 15.1. The minimum Gasteiger partial charge on any atom is -0.372 e. The fraction of sp³-hybridized carbons (Fsp3) is 0.500. The molecule has 0 atom stereocenters. The number of aromatic nitrogens is 1. The van der Waals surface area contributed by atoms with Crippen LogP contribution in [0.2, 0.25) is 0 Å². The Balaban J connectivity index is 1.56. The number of piperidine rings is 1. The number of nitrogens with one attached hydrogen (secondary N) is 1. The maximum Gasteiger partial charge on any atom is 0.267 e. The standard InChI is InChI=1S/C22H32N4O3S/c1-3-25(19-11-6-4-7-12-19)14-10-13-23-22(27)21-17-20(18-24(21)2)30(28,29)26-15-8-5-9-16-26/h4,6-7,11-12,17-18H,3,5,8-10,13-16H2,1-2H3,(H,23,27). The minimum absolute atomic E-state index is 0.193. The van der Waals surface area contributed by atoms with Gasteiger partial charge >= 0.3 is 0 Å². The first-order valence-corrected chi connectivity index (χ1v) is 12.1. The zero-order valence-corrected chi connectivity index (χ0v) is 18.7. The number of aryl methyl sites for hydroxylation is 1. The lowest BCUT2D eigenvalue weighted by Gasteiger charge is -2.25. The van der Waals surface area contributed by atoms with Crippen LogP contribution < -0.4 is 10.2 Å². The van der Waals surface area contributed by atoms with E-state index in [1.165, 1.54) is 22.3 Å². The van der Waals surface area contributed by atoms with E-state index in [9.17, 15) is 13.2 Å². The van der Waals surface area contributed by atoms with Crippen LogP contribution in [0, 0.1) is 0 Å². The van der Waals surface area contributed by atoms with Gasteiger partial charge in [-0.1, -0.05) is 24.6 Å². The lowest BCUT2D eigenvalue weighted by Crippen LogP contribution is -2.35. The summed E-state index contributed by atoms with van der Waals surface area (Å²) in [6, 6.07) is 11.7. The van der Waals surface area contributed by atoms with Crippen molar-refractivity contribution in [1.29, 1.82) is 0 Å². The van der Waals surface area contributed by atoms with E-state index >= 15 is 0 Å². The molecular weight excluding hydrogens is 400 g/mol. The van der Waals surface area contributed by atoms with E-state index in [0.29, 0.717) is 25.3 Å². The van der Waals surface area contributed by atoms with Gasteiger partial charge in [0.1, 0.15) is 10.6 Å². The summed E-state index contributed by atoms with van der Waals surface area (Å²) in [7, 11) is -1.84. The molecular formula is C22H32N4O3S. The molecule has 1 aliphatic rings. The van der Waals surface area contributed by atoms with Gasteiger partial charge in [0.2, 0.25) is 10.0 Å². The van der Waals surface area contributed by atoms with Crippen molar-refractivity contribution >= 4 is 21.6 Å². The lowest BCUT2D eigenvalue weighted by atomic mass is 10.2. The number of anilines is 1. The highest BCUT2D eigenvalue weighted by Gasteiger charge is 2.28. The summed E-state index contributed by atoms with van der Waals surface area (Å²) >= 11 is 0. The number of carbonyl (C=O) groups is 1. The second-order valence-electron chi connectivity index (χ2n) is 7.66. The Labute approximate surface area is 179 Å². The van der Waals surface area contributed by atoms with Crippen LogP contribution >= 0.6 is 0 Å². The van der Waals surface area contributed by atoms with Gasteiger partial charge in [0, 0.05) is 51.7 Å². The highest BCUT2D eigenvalue weighted by Crippen LogP contribution is 2.22. The summed E-state index contributed by atoms with van der Waals surface area (Å²) in [6.45, 7) is 5.47. The third-order valence-electron chi connectivity index (χ3n) is 5.56. The number of rotatable bonds is 9. The van der Waals surface area contributed by atoms with E-state index < -0.39 is 10.0 Å². The molecule has 1 fully saturated rings. The van der Waals surface area contributed by atoms with Crippen molar-refractivity contribution in [2.75, 3.05) is 37.6 Å². The Morgan fingerprint density at radius 2 is 1.83 bits per heavy atom. The van der Waals surface area contributed by atoms with Crippen LogP contribution in [0.5, 0.6) is 0 Å². The predicted molar refractivity (Wildman–Crippen MR) is 119 cm³/mol. The van der Waals surface area contributed by atoms with Crippen LogP contribution in [0.3, 0.4) is 0 Å². The SMILES string of the molecule is CCN(CCCNC(=O)c1cc(S(=O)(=O)N2CCCCC2)cn1C)c1ccccc1. The number of hydrogen-bond donors (Lipinski definition) is 1. The lowest BCUT2D eigenvalue weighted by molar-refractivity contribution is 0.0945. The first-order valence-electron chi connectivity index (χ1n) is 10.7. The van der Waals surface area contributed by atoms with Crippen LogP contribution in [0.15, 0.2) is 47.5 Å². The number of hydrogen-bond acceptors (Lipinski definition) is 4. The van der Waals surface area contributed by atoms with Gasteiger partial charge in [0.15, 0.2) is 0 Å². The molecule has 1 amide bonds. The zero-order chi connectivity index (χ0) is 21.6. The largest absolute Gasteiger partial charge is 0.372 e. The molecule has 2 aromatic rings. The average Bonchev–Trinajstić information content (AvgIpc) is 3.17. The molecule has 1 N–H and O–H groups in total. The molecule has 0 spiro atoms. The van der Waals surface area contributed by atoms with E-state index in [0.717, 1.165) is 38.8 Å². The summed E-state index contributed by atoms with van der Waals surface area (Å²) < 4.78 is 28.8. The van der Waals surface area contributed by atoms with Gasteiger partial charge in [-0.25, -0.2) is 8.42 Å². The molecule has 1 aromatic carbocycles. The molecule has 8 heteroatoms. The van der Waals surface area contributed by atoms with Gasteiger partial charge in [-0.2, -0.15) is 4.31 Å². The number of para-hydroxylation sites is 1. The Hall–Kier alpha value is -2.32. The Morgan fingerprint density at radius 3 is 2.50 bits per heavy atom. The number of sulfonamides is 1. The molecule has 0 bridgehead atoms. The molecule has 164 valence electrons. The fourth-order valence-electron chi connectivity index (χ4n) is 3.83. The Morgan fingerprint density at radius 1 is 1.13 bits per heavy atom. The van der Waals surface area contributed by atoms with Gasteiger partial charge in [-0.15, -0.1) is 0 Å². The van der Waals surface area contributed by atoms with E-state index in [1.807, 2.05) is 18.2 Å². The quantitative estimate of drug-likeness (QED) is 0.619.